The van der Waals surface area contributed by atoms with Crippen LogP contribution in [0.25, 0.3) is 22.2 Å². The maximum Gasteiger partial charge on any atom is 0.345 e. The van der Waals surface area contributed by atoms with E-state index in [1.165, 1.54) is 5.69 Å². The van der Waals surface area contributed by atoms with Gasteiger partial charge in [-0.1, -0.05) is 13.0 Å². The quantitative estimate of drug-likeness (QED) is 0.533. The Morgan fingerprint density at radius 3 is 2.52 bits per heavy atom. The summed E-state index contributed by atoms with van der Waals surface area (Å²) in [5, 5.41) is 20.8. The number of aromatic nitrogens is 2. The Morgan fingerprint density at radius 1 is 1.21 bits per heavy atom. The van der Waals surface area contributed by atoms with Crippen LogP contribution in [0.5, 0.6) is 5.75 Å². The molecule has 5 rings (SSSR count). The van der Waals surface area contributed by atoms with E-state index in [4.69, 9.17) is 0 Å². The lowest BCUT2D eigenvalue weighted by molar-refractivity contribution is 0.0691. The van der Waals surface area contributed by atoms with Gasteiger partial charge in [-0.2, -0.15) is 0 Å². The number of benzene rings is 1. The Hall–Kier alpha value is -3.10. The van der Waals surface area contributed by atoms with Crippen LogP contribution in [0.2, 0.25) is 0 Å². The maximum atomic E-state index is 12.3. The minimum Gasteiger partial charge on any atom is -0.506 e. The summed E-state index contributed by atoms with van der Waals surface area (Å²) in [5.74, 6) is -0.324. The largest absolute Gasteiger partial charge is 0.506 e. The molecule has 1 saturated carbocycles. The number of nitrogens with zero attached hydrogens (tertiary/aromatic N) is 3. The molecule has 3 atom stereocenters. The van der Waals surface area contributed by atoms with E-state index in [1.54, 1.807) is 0 Å². The number of piperidine rings is 1. The minimum atomic E-state index is -1.44. The van der Waals surface area contributed by atoms with Gasteiger partial charge in [0.05, 0.1) is 5.69 Å². The van der Waals surface area contributed by atoms with Crippen molar-refractivity contribution >= 4 is 16.9 Å². The fourth-order valence-corrected chi connectivity index (χ4v) is 5.84. The fraction of sp³-hybridized carbons (Fsp3) is 0.440. The number of pyridine rings is 1. The average molecular weight is 451 g/mol. The standard InChI is InChI=1S/C25H30N4O4/c1-5-16-21(26-24(31)20(23(16)30)25(32)33)13-6-7-19-14(8-13)9-15(28(19)4)10-29-11-17-18(12-29)22(17)27(2)3/h6-9,17-18,22H,5,10-12H2,1-4H3,(H,32,33)(H2,26,30,31)/t17-,18+,22-. The normalized spacial score (nSPS) is 22.3. The number of carboxylic acid groups (broad SMARTS) is 1. The van der Waals surface area contributed by atoms with Gasteiger partial charge in [0.1, 0.15) is 5.75 Å². The number of carboxylic acids is 1. The summed E-state index contributed by atoms with van der Waals surface area (Å²) < 4.78 is 2.21. The van der Waals surface area contributed by atoms with E-state index in [0.29, 0.717) is 17.7 Å². The number of H-pyrrole nitrogens is 1. The Morgan fingerprint density at radius 2 is 1.91 bits per heavy atom. The van der Waals surface area contributed by atoms with Gasteiger partial charge in [-0.05, 0) is 56.1 Å². The van der Waals surface area contributed by atoms with Crippen LogP contribution in [-0.2, 0) is 20.0 Å². The van der Waals surface area contributed by atoms with Crippen molar-refractivity contribution in [2.45, 2.75) is 25.9 Å². The number of fused-ring (bicyclic) bond motifs is 2. The highest BCUT2D eigenvalue weighted by atomic mass is 16.4. The Balaban J connectivity index is 1.46. The molecule has 3 aromatic rings. The molecule has 2 aromatic heterocycles. The van der Waals surface area contributed by atoms with E-state index < -0.39 is 22.8 Å². The van der Waals surface area contributed by atoms with Gasteiger partial charge in [0, 0.05) is 54.9 Å². The Bertz CT molecular complexity index is 1310. The first-order chi connectivity index (χ1) is 15.7. The third kappa shape index (κ3) is 3.45. The van der Waals surface area contributed by atoms with E-state index in [9.17, 15) is 19.8 Å². The molecule has 33 heavy (non-hydrogen) atoms. The highest BCUT2D eigenvalue weighted by Crippen LogP contribution is 2.48. The topological polar surface area (TPSA) is 102 Å². The zero-order valence-corrected chi connectivity index (χ0v) is 19.4. The zero-order chi connectivity index (χ0) is 23.6. The van der Waals surface area contributed by atoms with Crippen molar-refractivity contribution in [2.24, 2.45) is 18.9 Å². The first-order valence-electron chi connectivity index (χ1n) is 11.4. The van der Waals surface area contributed by atoms with Gasteiger partial charge in [0.15, 0.2) is 5.56 Å². The van der Waals surface area contributed by atoms with Crippen LogP contribution in [-0.4, -0.2) is 68.8 Å². The van der Waals surface area contributed by atoms with E-state index in [-0.39, 0.29) is 0 Å². The summed E-state index contributed by atoms with van der Waals surface area (Å²) in [6.07, 6.45) is 0.390. The summed E-state index contributed by atoms with van der Waals surface area (Å²) in [7, 11) is 6.41. The minimum absolute atomic E-state index is 0.390. The number of aryl methyl sites for hydroxylation is 1. The van der Waals surface area contributed by atoms with Gasteiger partial charge in [-0.25, -0.2) is 4.79 Å². The highest BCUT2D eigenvalue weighted by Gasteiger charge is 2.56. The zero-order valence-electron chi connectivity index (χ0n) is 19.4. The molecule has 1 saturated heterocycles. The molecule has 0 unspecified atom stereocenters. The van der Waals surface area contributed by atoms with Crippen molar-refractivity contribution in [3.63, 3.8) is 0 Å². The van der Waals surface area contributed by atoms with E-state index in [2.05, 4.69) is 46.6 Å². The lowest BCUT2D eigenvalue weighted by atomic mass is 9.99. The summed E-state index contributed by atoms with van der Waals surface area (Å²) >= 11 is 0. The second-order valence-electron chi connectivity index (χ2n) is 9.63. The molecule has 0 radical (unpaired) electrons. The third-order valence-corrected chi connectivity index (χ3v) is 7.49. The molecular weight excluding hydrogens is 420 g/mol. The monoisotopic (exact) mass is 450 g/mol. The maximum absolute atomic E-state index is 12.3. The first kappa shape index (κ1) is 21.7. The number of aromatic carboxylic acids is 1. The van der Waals surface area contributed by atoms with Crippen LogP contribution in [0.15, 0.2) is 29.1 Å². The summed E-state index contributed by atoms with van der Waals surface area (Å²) in [6, 6.07) is 8.82. The average Bonchev–Trinajstić information content (AvgIpc) is 3.11. The van der Waals surface area contributed by atoms with Gasteiger partial charge < -0.3 is 24.7 Å². The van der Waals surface area contributed by atoms with E-state index >= 15 is 0 Å². The van der Waals surface area contributed by atoms with Crippen molar-refractivity contribution < 1.29 is 15.0 Å². The molecule has 1 aliphatic heterocycles. The summed E-state index contributed by atoms with van der Waals surface area (Å²) in [5.41, 5.74) is 2.55. The Kier molecular flexibility index (Phi) is 5.10. The van der Waals surface area contributed by atoms with Crippen LogP contribution >= 0.6 is 0 Å². The number of aromatic hydroxyl groups is 1. The molecule has 0 spiro atoms. The second kappa shape index (κ2) is 7.74. The Labute approximate surface area is 192 Å². The van der Waals surface area contributed by atoms with Crippen LogP contribution < -0.4 is 5.56 Å². The summed E-state index contributed by atoms with van der Waals surface area (Å²) in [6.45, 7) is 5.00. The lowest BCUT2D eigenvalue weighted by Gasteiger charge is -2.22. The number of hydrogen-bond acceptors (Lipinski definition) is 5. The number of nitrogens with one attached hydrogen (secondary N) is 1. The molecule has 1 aromatic carbocycles. The number of aromatic amines is 1. The van der Waals surface area contributed by atoms with Crippen molar-refractivity contribution in [3.05, 3.63) is 51.4 Å². The number of likely N-dealkylation sites (tertiary alicyclic amines) is 1. The van der Waals surface area contributed by atoms with Crippen LogP contribution in [0, 0.1) is 11.8 Å². The van der Waals surface area contributed by atoms with Crippen molar-refractivity contribution in [2.75, 3.05) is 27.2 Å². The van der Waals surface area contributed by atoms with Gasteiger partial charge >= 0.3 is 5.97 Å². The number of hydrogen-bond donors (Lipinski definition) is 3. The van der Waals surface area contributed by atoms with Gasteiger partial charge in [-0.15, -0.1) is 0 Å². The molecule has 8 heteroatoms. The smallest absolute Gasteiger partial charge is 0.345 e. The molecule has 3 heterocycles. The molecule has 8 nitrogen and oxygen atoms in total. The molecule has 174 valence electrons. The molecule has 0 amide bonds. The van der Waals surface area contributed by atoms with E-state index in [1.807, 2.05) is 25.1 Å². The molecule has 3 N–H and O–H groups in total. The molecule has 2 aliphatic rings. The number of carbonyl (C=O) groups is 1. The van der Waals surface area contributed by atoms with Crippen LogP contribution in [0.4, 0.5) is 0 Å². The van der Waals surface area contributed by atoms with Crippen LogP contribution in [0.3, 0.4) is 0 Å². The predicted octanol–water partition coefficient (Wildman–Crippen LogP) is 2.49. The lowest BCUT2D eigenvalue weighted by Crippen LogP contribution is -2.30. The first-order valence-corrected chi connectivity index (χ1v) is 11.4. The van der Waals surface area contributed by atoms with Crippen molar-refractivity contribution in [1.82, 2.24) is 19.4 Å². The van der Waals surface area contributed by atoms with Crippen molar-refractivity contribution in [1.29, 1.82) is 0 Å². The fourth-order valence-electron chi connectivity index (χ4n) is 5.84. The van der Waals surface area contributed by atoms with Gasteiger partial charge in [-0.3, -0.25) is 9.69 Å². The van der Waals surface area contributed by atoms with Gasteiger partial charge in [0.25, 0.3) is 5.56 Å². The third-order valence-electron chi connectivity index (χ3n) is 7.49. The second-order valence-corrected chi connectivity index (χ2v) is 9.63. The molecule has 0 bridgehead atoms. The SMILES string of the molecule is CCc1c(-c2ccc3c(c2)cc(CN2C[C@@H]4[C@H](C2)[C@@H]4N(C)C)n3C)[nH]c(=O)c(C(=O)O)c1O. The van der Waals surface area contributed by atoms with E-state index in [0.717, 1.165) is 54.0 Å². The molecule has 2 fully saturated rings. The predicted molar refractivity (Wildman–Crippen MR) is 127 cm³/mol. The van der Waals surface area contributed by atoms with Crippen LogP contribution in [0.1, 0.15) is 28.5 Å². The summed E-state index contributed by atoms with van der Waals surface area (Å²) in [4.78, 5) is 31.3. The number of rotatable bonds is 6. The van der Waals surface area contributed by atoms with Crippen molar-refractivity contribution in [3.8, 4) is 17.0 Å². The molecule has 1 aliphatic carbocycles. The highest BCUT2D eigenvalue weighted by molar-refractivity contribution is 5.92. The van der Waals surface area contributed by atoms with Gasteiger partial charge in [0.2, 0.25) is 0 Å². The molecular formula is C25H30N4O4.